The van der Waals surface area contributed by atoms with Gasteiger partial charge in [0, 0.05) is 19.2 Å². The molecule has 0 aromatic heterocycles. The Hall–Kier alpha value is -3.15. The smallest absolute Gasteiger partial charge is 0.325 e. The molecule has 142 valence electrons. The van der Waals surface area contributed by atoms with Gasteiger partial charge in [-0.2, -0.15) is 0 Å². The highest BCUT2D eigenvalue weighted by Crippen LogP contribution is 2.06. The van der Waals surface area contributed by atoms with Gasteiger partial charge in [-0.1, -0.05) is 47.5 Å². The summed E-state index contributed by atoms with van der Waals surface area (Å²) in [6, 6.07) is 14.9. The van der Waals surface area contributed by atoms with Crippen LogP contribution in [0, 0.1) is 13.8 Å². The molecule has 0 radical (unpaired) electrons. The second kappa shape index (κ2) is 9.52. The standard InChI is InChI=1S/C21H24N2O4/c1-15-7-9-17(10-8-15)13-23(3)19(24)14-27-20(25)12-22-21(26)18-6-4-5-16(2)11-18/h4-11H,12-14H2,1-3H3,(H,22,26). The molecule has 2 aromatic carbocycles. The van der Waals surface area contributed by atoms with Crippen molar-refractivity contribution in [2.75, 3.05) is 20.2 Å². The molecule has 27 heavy (non-hydrogen) atoms. The molecule has 0 aliphatic heterocycles. The van der Waals surface area contributed by atoms with Crippen molar-refractivity contribution in [1.29, 1.82) is 0 Å². The molecular weight excluding hydrogens is 344 g/mol. The number of hydrogen-bond acceptors (Lipinski definition) is 4. The van der Waals surface area contributed by atoms with Gasteiger partial charge in [-0.25, -0.2) is 0 Å². The SMILES string of the molecule is Cc1ccc(CN(C)C(=O)COC(=O)CNC(=O)c2cccc(C)c2)cc1. The second-order valence-corrected chi connectivity index (χ2v) is 6.45. The lowest BCUT2D eigenvalue weighted by molar-refractivity contribution is -0.150. The minimum Gasteiger partial charge on any atom is -0.454 e. The summed E-state index contributed by atoms with van der Waals surface area (Å²) in [6.45, 7) is 3.66. The van der Waals surface area contributed by atoms with Gasteiger partial charge >= 0.3 is 5.97 Å². The zero-order valence-corrected chi connectivity index (χ0v) is 15.8. The van der Waals surface area contributed by atoms with E-state index in [1.807, 2.05) is 44.2 Å². The van der Waals surface area contributed by atoms with E-state index in [0.29, 0.717) is 12.1 Å². The van der Waals surface area contributed by atoms with E-state index in [-0.39, 0.29) is 25.0 Å². The number of ether oxygens (including phenoxy) is 1. The fourth-order valence-electron chi connectivity index (χ4n) is 2.40. The third kappa shape index (κ3) is 6.58. The summed E-state index contributed by atoms with van der Waals surface area (Å²) in [6.07, 6.45) is 0. The molecule has 0 saturated carbocycles. The molecule has 0 heterocycles. The van der Waals surface area contributed by atoms with Gasteiger partial charge in [-0.15, -0.1) is 0 Å². The molecule has 0 unspecified atom stereocenters. The number of esters is 1. The van der Waals surface area contributed by atoms with Crippen LogP contribution < -0.4 is 5.32 Å². The van der Waals surface area contributed by atoms with Gasteiger partial charge in [-0.05, 0) is 31.5 Å². The van der Waals surface area contributed by atoms with E-state index in [1.54, 1.807) is 25.2 Å². The summed E-state index contributed by atoms with van der Waals surface area (Å²) in [5.74, 6) is -1.33. The van der Waals surface area contributed by atoms with E-state index >= 15 is 0 Å². The number of nitrogens with one attached hydrogen (secondary N) is 1. The van der Waals surface area contributed by atoms with Crippen molar-refractivity contribution in [3.8, 4) is 0 Å². The highest BCUT2D eigenvalue weighted by molar-refractivity contribution is 5.96. The molecule has 2 rings (SSSR count). The Morgan fingerprint density at radius 1 is 1.00 bits per heavy atom. The predicted molar refractivity (Wildman–Crippen MR) is 102 cm³/mol. The number of hydrogen-bond donors (Lipinski definition) is 1. The molecule has 6 nitrogen and oxygen atoms in total. The molecule has 1 N–H and O–H groups in total. The Morgan fingerprint density at radius 2 is 1.70 bits per heavy atom. The average molecular weight is 368 g/mol. The first kappa shape index (κ1) is 20.2. The van der Waals surface area contributed by atoms with Crippen molar-refractivity contribution in [3.63, 3.8) is 0 Å². The predicted octanol–water partition coefficient (Wildman–Crippen LogP) is 2.24. The van der Waals surface area contributed by atoms with Crippen LogP contribution in [0.4, 0.5) is 0 Å². The van der Waals surface area contributed by atoms with E-state index in [2.05, 4.69) is 5.32 Å². The third-order valence-electron chi connectivity index (χ3n) is 4.00. The highest BCUT2D eigenvalue weighted by atomic mass is 16.5. The van der Waals surface area contributed by atoms with E-state index in [9.17, 15) is 14.4 Å². The van der Waals surface area contributed by atoms with Crippen molar-refractivity contribution in [3.05, 3.63) is 70.8 Å². The van der Waals surface area contributed by atoms with Crippen LogP contribution >= 0.6 is 0 Å². The van der Waals surface area contributed by atoms with Crippen LogP contribution in [0.5, 0.6) is 0 Å². The minimum atomic E-state index is -0.659. The van der Waals surface area contributed by atoms with Gasteiger partial charge in [-0.3, -0.25) is 14.4 Å². The summed E-state index contributed by atoms with van der Waals surface area (Å²) < 4.78 is 4.95. The van der Waals surface area contributed by atoms with Gasteiger partial charge in [0.2, 0.25) is 0 Å². The van der Waals surface area contributed by atoms with Crippen LogP contribution in [0.3, 0.4) is 0 Å². The number of nitrogens with zero attached hydrogens (tertiary/aromatic N) is 1. The zero-order chi connectivity index (χ0) is 19.8. The Bertz CT molecular complexity index is 815. The molecule has 0 saturated heterocycles. The topological polar surface area (TPSA) is 75.7 Å². The van der Waals surface area contributed by atoms with Crippen LogP contribution in [-0.2, 0) is 20.9 Å². The Balaban J connectivity index is 1.73. The monoisotopic (exact) mass is 368 g/mol. The van der Waals surface area contributed by atoms with Gasteiger partial charge in [0.05, 0.1) is 0 Å². The Labute approximate surface area is 159 Å². The lowest BCUT2D eigenvalue weighted by Gasteiger charge is -2.17. The van der Waals surface area contributed by atoms with Crippen molar-refractivity contribution in [2.24, 2.45) is 0 Å². The van der Waals surface area contributed by atoms with Gasteiger partial charge in [0.15, 0.2) is 6.61 Å². The summed E-state index contributed by atoms with van der Waals surface area (Å²) in [5, 5.41) is 2.49. The number of benzene rings is 2. The molecule has 0 bridgehead atoms. The van der Waals surface area contributed by atoms with E-state index in [0.717, 1.165) is 16.7 Å². The molecule has 0 aliphatic carbocycles. The Kier molecular flexibility index (Phi) is 7.11. The summed E-state index contributed by atoms with van der Waals surface area (Å²) in [4.78, 5) is 37.3. The summed E-state index contributed by atoms with van der Waals surface area (Å²) in [5.41, 5.74) is 3.56. The normalized spacial score (nSPS) is 10.2. The van der Waals surface area contributed by atoms with Crippen molar-refractivity contribution >= 4 is 17.8 Å². The Morgan fingerprint density at radius 3 is 2.37 bits per heavy atom. The van der Waals surface area contributed by atoms with Gasteiger partial charge < -0.3 is 15.0 Å². The molecule has 0 fully saturated rings. The molecule has 0 atom stereocenters. The number of carbonyl (C=O) groups is 3. The van der Waals surface area contributed by atoms with Crippen molar-refractivity contribution in [1.82, 2.24) is 10.2 Å². The van der Waals surface area contributed by atoms with E-state index < -0.39 is 5.97 Å². The van der Waals surface area contributed by atoms with Gasteiger partial charge in [0.1, 0.15) is 6.54 Å². The van der Waals surface area contributed by atoms with Crippen molar-refractivity contribution < 1.29 is 19.1 Å². The molecule has 2 amide bonds. The first-order chi connectivity index (χ1) is 12.8. The maximum atomic E-state index is 12.1. The lowest BCUT2D eigenvalue weighted by atomic mass is 10.1. The van der Waals surface area contributed by atoms with E-state index in [4.69, 9.17) is 4.74 Å². The van der Waals surface area contributed by atoms with Crippen LogP contribution in [0.2, 0.25) is 0 Å². The fraction of sp³-hybridized carbons (Fsp3) is 0.286. The van der Waals surface area contributed by atoms with Crippen LogP contribution in [0.1, 0.15) is 27.0 Å². The van der Waals surface area contributed by atoms with E-state index in [1.165, 1.54) is 4.90 Å². The third-order valence-corrected chi connectivity index (χ3v) is 4.00. The quantitative estimate of drug-likeness (QED) is 0.761. The average Bonchev–Trinajstić information content (AvgIpc) is 2.65. The van der Waals surface area contributed by atoms with Crippen LogP contribution in [0.25, 0.3) is 0 Å². The summed E-state index contributed by atoms with van der Waals surface area (Å²) >= 11 is 0. The summed E-state index contributed by atoms with van der Waals surface area (Å²) in [7, 11) is 1.65. The number of aryl methyl sites for hydroxylation is 2. The maximum absolute atomic E-state index is 12.1. The molecule has 0 aliphatic rings. The minimum absolute atomic E-state index is 0.290. The number of rotatable bonds is 7. The maximum Gasteiger partial charge on any atom is 0.325 e. The molecule has 2 aromatic rings. The van der Waals surface area contributed by atoms with Gasteiger partial charge in [0.25, 0.3) is 11.8 Å². The largest absolute Gasteiger partial charge is 0.454 e. The second-order valence-electron chi connectivity index (χ2n) is 6.45. The zero-order valence-electron chi connectivity index (χ0n) is 15.8. The first-order valence-electron chi connectivity index (χ1n) is 8.65. The van der Waals surface area contributed by atoms with Crippen LogP contribution in [0.15, 0.2) is 48.5 Å². The fourth-order valence-corrected chi connectivity index (χ4v) is 2.40. The molecule has 6 heteroatoms. The van der Waals surface area contributed by atoms with Crippen LogP contribution in [-0.4, -0.2) is 42.9 Å². The first-order valence-corrected chi connectivity index (χ1v) is 8.65. The number of likely N-dealkylation sites (N-methyl/N-ethyl adjacent to an activating group) is 1. The number of amides is 2. The highest BCUT2D eigenvalue weighted by Gasteiger charge is 2.14. The van der Waals surface area contributed by atoms with Crippen molar-refractivity contribution in [2.45, 2.75) is 20.4 Å². The number of carbonyl (C=O) groups excluding carboxylic acids is 3. The molecule has 0 spiro atoms. The molecular formula is C21H24N2O4. The lowest BCUT2D eigenvalue weighted by Crippen LogP contribution is -2.34.